The zero-order valence-electron chi connectivity index (χ0n) is 11.7. The summed E-state index contributed by atoms with van der Waals surface area (Å²) in [4.78, 5) is 1.32. The number of hydrogen-bond donors (Lipinski definition) is 1. The fraction of sp³-hybridized carbons (Fsp3) is 0.375. The highest BCUT2D eigenvalue weighted by Gasteiger charge is 2.18. The molecular formula is C16H20FNS. The van der Waals surface area contributed by atoms with Gasteiger partial charge in [0.1, 0.15) is 5.82 Å². The quantitative estimate of drug-likeness (QED) is 0.842. The van der Waals surface area contributed by atoms with Crippen LogP contribution >= 0.6 is 11.3 Å². The molecule has 0 aliphatic heterocycles. The van der Waals surface area contributed by atoms with E-state index >= 15 is 0 Å². The average molecular weight is 277 g/mol. The Morgan fingerprint density at radius 3 is 2.58 bits per heavy atom. The van der Waals surface area contributed by atoms with Gasteiger partial charge in [0.05, 0.1) is 6.04 Å². The van der Waals surface area contributed by atoms with Crippen molar-refractivity contribution in [2.75, 3.05) is 6.54 Å². The topological polar surface area (TPSA) is 12.0 Å². The monoisotopic (exact) mass is 277 g/mol. The molecule has 0 saturated carbocycles. The molecule has 102 valence electrons. The van der Waals surface area contributed by atoms with Crippen LogP contribution in [0.4, 0.5) is 4.39 Å². The summed E-state index contributed by atoms with van der Waals surface area (Å²) in [7, 11) is 0. The maximum Gasteiger partial charge on any atom is 0.123 e. The van der Waals surface area contributed by atoms with Gasteiger partial charge in [0, 0.05) is 4.88 Å². The van der Waals surface area contributed by atoms with Crippen LogP contribution in [0.15, 0.2) is 29.6 Å². The van der Waals surface area contributed by atoms with Crippen molar-refractivity contribution in [1.82, 2.24) is 5.32 Å². The molecule has 1 aromatic carbocycles. The first-order chi connectivity index (χ1) is 9.13. The minimum Gasteiger partial charge on any atom is -0.306 e. The van der Waals surface area contributed by atoms with E-state index in [9.17, 15) is 4.39 Å². The summed E-state index contributed by atoms with van der Waals surface area (Å²) in [5.41, 5.74) is 3.46. The summed E-state index contributed by atoms with van der Waals surface area (Å²) in [6.07, 6.45) is 1.08. The number of thiophene rings is 1. The van der Waals surface area contributed by atoms with E-state index in [-0.39, 0.29) is 11.9 Å². The van der Waals surface area contributed by atoms with Crippen molar-refractivity contribution < 1.29 is 4.39 Å². The number of rotatable bonds is 5. The van der Waals surface area contributed by atoms with Gasteiger partial charge in [-0.25, -0.2) is 4.39 Å². The number of aryl methyl sites for hydroxylation is 2. The van der Waals surface area contributed by atoms with Crippen molar-refractivity contribution in [2.24, 2.45) is 0 Å². The normalized spacial score (nSPS) is 12.6. The molecule has 1 nitrogen and oxygen atoms in total. The number of halogens is 1. The molecule has 0 amide bonds. The third-order valence-corrected chi connectivity index (χ3v) is 4.21. The van der Waals surface area contributed by atoms with E-state index in [1.807, 2.05) is 13.0 Å². The Labute approximate surface area is 118 Å². The lowest BCUT2D eigenvalue weighted by Gasteiger charge is -2.21. The van der Waals surface area contributed by atoms with Crippen LogP contribution < -0.4 is 5.32 Å². The van der Waals surface area contributed by atoms with Crippen molar-refractivity contribution in [1.29, 1.82) is 0 Å². The number of benzene rings is 1. The maximum atomic E-state index is 13.3. The van der Waals surface area contributed by atoms with Crippen molar-refractivity contribution in [3.8, 4) is 0 Å². The van der Waals surface area contributed by atoms with E-state index in [0.717, 1.165) is 24.1 Å². The first-order valence-electron chi connectivity index (χ1n) is 6.67. The number of hydrogen-bond acceptors (Lipinski definition) is 2. The third kappa shape index (κ3) is 3.23. The van der Waals surface area contributed by atoms with Crippen molar-refractivity contribution in [3.63, 3.8) is 0 Å². The zero-order valence-corrected chi connectivity index (χ0v) is 12.5. The van der Waals surface area contributed by atoms with E-state index in [2.05, 4.69) is 30.6 Å². The second-order valence-electron chi connectivity index (χ2n) is 4.82. The van der Waals surface area contributed by atoms with Crippen molar-refractivity contribution >= 4 is 11.3 Å². The highest BCUT2D eigenvalue weighted by Crippen LogP contribution is 2.30. The first kappa shape index (κ1) is 14.2. The molecule has 19 heavy (non-hydrogen) atoms. The number of nitrogens with one attached hydrogen (secondary N) is 1. The molecule has 1 heterocycles. The van der Waals surface area contributed by atoms with Gasteiger partial charge in [-0.1, -0.05) is 13.0 Å². The van der Waals surface area contributed by atoms with Gasteiger partial charge in [0.15, 0.2) is 0 Å². The molecule has 0 bridgehead atoms. The van der Waals surface area contributed by atoms with Gasteiger partial charge in [0.2, 0.25) is 0 Å². The van der Waals surface area contributed by atoms with E-state index in [4.69, 9.17) is 0 Å². The molecule has 2 rings (SSSR count). The Kier molecular flexibility index (Phi) is 4.72. The summed E-state index contributed by atoms with van der Waals surface area (Å²) in [6.45, 7) is 7.22. The zero-order chi connectivity index (χ0) is 13.8. The summed E-state index contributed by atoms with van der Waals surface area (Å²) in [5.74, 6) is -0.169. The van der Waals surface area contributed by atoms with Crippen LogP contribution in [-0.4, -0.2) is 6.54 Å². The Balaban J connectivity index is 2.40. The second kappa shape index (κ2) is 6.31. The summed E-state index contributed by atoms with van der Waals surface area (Å²) < 4.78 is 13.3. The Morgan fingerprint density at radius 2 is 2.00 bits per heavy atom. The molecule has 1 atom stereocenters. The van der Waals surface area contributed by atoms with Crippen LogP contribution in [0.2, 0.25) is 0 Å². The minimum absolute atomic E-state index is 0.159. The van der Waals surface area contributed by atoms with Crippen molar-refractivity contribution in [3.05, 3.63) is 57.0 Å². The highest BCUT2D eigenvalue weighted by molar-refractivity contribution is 7.10. The molecular weight excluding hydrogens is 257 g/mol. The molecule has 0 aliphatic rings. The lowest BCUT2D eigenvalue weighted by atomic mass is 9.95. The van der Waals surface area contributed by atoms with Gasteiger partial charge in [0.25, 0.3) is 0 Å². The van der Waals surface area contributed by atoms with Crippen LogP contribution in [0.3, 0.4) is 0 Å². The Morgan fingerprint density at radius 1 is 1.21 bits per heavy atom. The molecule has 1 unspecified atom stereocenters. The van der Waals surface area contributed by atoms with E-state index in [0.29, 0.717) is 0 Å². The predicted octanol–water partition coefficient (Wildman–Crippen LogP) is 4.59. The lowest BCUT2D eigenvalue weighted by Crippen LogP contribution is -2.24. The van der Waals surface area contributed by atoms with Gasteiger partial charge in [-0.05, 0) is 67.1 Å². The van der Waals surface area contributed by atoms with Crippen LogP contribution in [0.25, 0.3) is 0 Å². The van der Waals surface area contributed by atoms with Crippen LogP contribution in [-0.2, 0) is 0 Å². The highest BCUT2D eigenvalue weighted by atomic mass is 32.1. The fourth-order valence-corrected chi connectivity index (χ4v) is 3.07. The molecule has 1 N–H and O–H groups in total. The maximum absolute atomic E-state index is 13.3. The molecule has 2 aromatic rings. The van der Waals surface area contributed by atoms with Gasteiger partial charge < -0.3 is 5.32 Å². The van der Waals surface area contributed by atoms with Gasteiger partial charge in [-0.15, -0.1) is 11.3 Å². The van der Waals surface area contributed by atoms with Crippen molar-refractivity contribution in [2.45, 2.75) is 33.2 Å². The van der Waals surface area contributed by atoms with Gasteiger partial charge in [-0.3, -0.25) is 0 Å². The standard InChI is InChI=1S/C16H20FNS/c1-4-8-18-16(15-7-9-19-12(15)3)14-6-5-13(17)10-11(14)2/h5-7,9-10,16,18H,4,8H2,1-3H3. The smallest absolute Gasteiger partial charge is 0.123 e. The summed E-state index contributed by atoms with van der Waals surface area (Å²) in [5, 5.41) is 5.69. The van der Waals surface area contributed by atoms with Crippen LogP contribution in [0.5, 0.6) is 0 Å². The van der Waals surface area contributed by atoms with E-state index in [1.54, 1.807) is 23.5 Å². The van der Waals surface area contributed by atoms with Crippen LogP contribution in [0.1, 0.15) is 41.0 Å². The lowest BCUT2D eigenvalue weighted by molar-refractivity contribution is 0.589. The Hall–Kier alpha value is -1.19. The predicted molar refractivity (Wildman–Crippen MR) is 80.3 cm³/mol. The summed E-state index contributed by atoms with van der Waals surface area (Å²) in [6, 6.07) is 7.37. The molecule has 1 aromatic heterocycles. The largest absolute Gasteiger partial charge is 0.306 e. The van der Waals surface area contributed by atoms with E-state index < -0.39 is 0 Å². The SMILES string of the molecule is CCCNC(c1ccc(F)cc1C)c1ccsc1C. The first-order valence-corrected chi connectivity index (χ1v) is 7.55. The minimum atomic E-state index is -0.169. The molecule has 0 aliphatic carbocycles. The Bertz CT molecular complexity index is 547. The summed E-state index contributed by atoms with van der Waals surface area (Å²) >= 11 is 1.76. The molecule has 3 heteroatoms. The fourth-order valence-electron chi connectivity index (χ4n) is 2.33. The van der Waals surface area contributed by atoms with Crippen LogP contribution in [0, 0.1) is 19.7 Å². The molecule has 0 radical (unpaired) electrons. The third-order valence-electron chi connectivity index (χ3n) is 3.35. The molecule has 0 fully saturated rings. The molecule has 0 spiro atoms. The average Bonchev–Trinajstić information content (AvgIpc) is 2.78. The van der Waals surface area contributed by atoms with E-state index in [1.165, 1.54) is 10.4 Å². The second-order valence-corrected chi connectivity index (χ2v) is 5.94. The van der Waals surface area contributed by atoms with Gasteiger partial charge >= 0.3 is 0 Å². The molecule has 0 saturated heterocycles. The van der Waals surface area contributed by atoms with Gasteiger partial charge in [-0.2, -0.15) is 0 Å².